The van der Waals surface area contributed by atoms with Gasteiger partial charge in [0.25, 0.3) is 0 Å². The Morgan fingerprint density at radius 1 is 1.11 bits per heavy atom. The van der Waals surface area contributed by atoms with Crippen LogP contribution in [0.5, 0.6) is 0 Å². The van der Waals surface area contributed by atoms with E-state index in [4.69, 9.17) is 9.84 Å². The number of ether oxygens (including phenoxy) is 1. The van der Waals surface area contributed by atoms with Crippen LogP contribution >= 0.6 is 0 Å². The lowest BCUT2D eigenvalue weighted by atomic mass is 10.2. The van der Waals surface area contributed by atoms with Crippen molar-refractivity contribution in [3.8, 4) is 0 Å². The van der Waals surface area contributed by atoms with E-state index in [1.807, 2.05) is 0 Å². The Labute approximate surface area is 115 Å². The van der Waals surface area contributed by atoms with Gasteiger partial charge < -0.3 is 15.2 Å². The summed E-state index contributed by atoms with van der Waals surface area (Å²) in [6, 6.07) is 8.64. The summed E-state index contributed by atoms with van der Waals surface area (Å²) in [4.78, 5) is 2.42. The molecule has 106 valence electrons. The molecule has 0 bridgehead atoms. The first kappa shape index (κ1) is 14.3. The van der Waals surface area contributed by atoms with Gasteiger partial charge in [0.15, 0.2) is 0 Å². The molecule has 1 saturated heterocycles. The van der Waals surface area contributed by atoms with Crippen LogP contribution in [0.2, 0.25) is 0 Å². The second kappa shape index (κ2) is 8.15. The zero-order valence-corrected chi connectivity index (χ0v) is 11.5. The van der Waals surface area contributed by atoms with E-state index in [-0.39, 0.29) is 6.61 Å². The SMILES string of the molecule is OCCCCNc1ccc(CN2CCOCC2)cc1. The maximum Gasteiger partial charge on any atom is 0.0594 e. The van der Waals surface area contributed by atoms with E-state index in [1.54, 1.807) is 0 Å². The summed E-state index contributed by atoms with van der Waals surface area (Å²) in [6.45, 7) is 5.97. The van der Waals surface area contributed by atoms with Gasteiger partial charge in [0.2, 0.25) is 0 Å². The van der Waals surface area contributed by atoms with Gasteiger partial charge >= 0.3 is 0 Å². The molecular formula is C15H24N2O2. The molecule has 0 atom stereocenters. The number of morpholine rings is 1. The highest BCUT2D eigenvalue weighted by molar-refractivity contribution is 5.44. The summed E-state index contributed by atoms with van der Waals surface area (Å²) in [5, 5.41) is 12.1. The number of aliphatic hydroxyl groups is 1. The minimum atomic E-state index is 0.278. The van der Waals surface area contributed by atoms with Gasteiger partial charge in [0, 0.05) is 38.5 Å². The second-order valence-electron chi connectivity index (χ2n) is 4.94. The van der Waals surface area contributed by atoms with Crippen molar-refractivity contribution in [1.82, 2.24) is 4.90 Å². The Balaban J connectivity index is 1.74. The molecule has 0 spiro atoms. The zero-order valence-electron chi connectivity index (χ0n) is 11.5. The molecule has 4 nitrogen and oxygen atoms in total. The minimum Gasteiger partial charge on any atom is -0.396 e. The maximum atomic E-state index is 8.71. The first-order valence-corrected chi connectivity index (χ1v) is 7.12. The summed E-state index contributed by atoms with van der Waals surface area (Å²) >= 11 is 0. The summed E-state index contributed by atoms with van der Waals surface area (Å²) < 4.78 is 5.35. The van der Waals surface area contributed by atoms with Gasteiger partial charge in [-0.15, -0.1) is 0 Å². The summed E-state index contributed by atoms with van der Waals surface area (Å²) in [5.74, 6) is 0. The van der Waals surface area contributed by atoms with Crippen LogP contribution in [-0.4, -0.2) is 49.5 Å². The minimum absolute atomic E-state index is 0.278. The molecule has 1 aliphatic heterocycles. The van der Waals surface area contributed by atoms with Crippen LogP contribution in [0.1, 0.15) is 18.4 Å². The van der Waals surface area contributed by atoms with E-state index in [2.05, 4.69) is 34.5 Å². The Bertz CT molecular complexity index is 348. The molecule has 19 heavy (non-hydrogen) atoms. The molecule has 0 aromatic heterocycles. The van der Waals surface area contributed by atoms with Gasteiger partial charge in [-0.1, -0.05) is 12.1 Å². The van der Waals surface area contributed by atoms with Crippen molar-refractivity contribution in [2.45, 2.75) is 19.4 Å². The third-order valence-corrected chi connectivity index (χ3v) is 3.38. The average Bonchev–Trinajstić information content (AvgIpc) is 2.46. The van der Waals surface area contributed by atoms with Crippen molar-refractivity contribution >= 4 is 5.69 Å². The van der Waals surface area contributed by atoms with Gasteiger partial charge in [-0.05, 0) is 30.5 Å². The van der Waals surface area contributed by atoms with E-state index in [9.17, 15) is 0 Å². The summed E-state index contributed by atoms with van der Waals surface area (Å²) in [5.41, 5.74) is 2.51. The number of hydrogen-bond acceptors (Lipinski definition) is 4. The Hall–Kier alpha value is -1.10. The molecule has 1 fully saturated rings. The number of nitrogens with one attached hydrogen (secondary N) is 1. The second-order valence-corrected chi connectivity index (χ2v) is 4.94. The fraction of sp³-hybridized carbons (Fsp3) is 0.600. The van der Waals surface area contributed by atoms with E-state index in [0.29, 0.717) is 0 Å². The molecular weight excluding hydrogens is 240 g/mol. The third kappa shape index (κ3) is 5.19. The molecule has 0 unspecified atom stereocenters. The van der Waals surface area contributed by atoms with Crippen LogP contribution in [-0.2, 0) is 11.3 Å². The normalized spacial score (nSPS) is 16.5. The molecule has 2 rings (SSSR count). The third-order valence-electron chi connectivity index (χ3n) is 3.38. The van der Waals surface area contributed by atoms with Gasteiger partial charge in [0.1, 0.15) is 0 Å². The largest absolute Gasteiger partial charge is 0.396 e. The number of aliphatic hydroxyl groups excluding tert-OH is 1. The monoisotopic (exact) mass is 264 g/mol. The molecule has 0 radical (unpaired) electrons. The van der Waals surface area contributed by atoms with Gasteiger partial charge in [-0.3, -0.25) is 4.90 Å². The zero-order chi connectivity index (χ0) is 13.3. The molecule has 4 heteroatoms. The van der Waals surface area contributed by atoms with E-state index < -0.39 is 0 Å². The van der Waals surface area contributed by atoms with Crippen LogP contribution < -0.4 is 5.32 Å². The van der Waals surface area contributed by atoms with Crippen LogP contribution in [0.25, 0.3) is 0 Å². The Morgan fingerprint density at radius 3 is 2.53 bits per heavy atom. The molecule has 1 aliphatic rings. The fourth-order valence-electron chi connectivity index (χ4n) is 2.22. The molecule has 0 saturated carbocycles. The van der Waals surface area contributed by atoms with Crippen LogP contribution in [0.4, 0.5) is 5.69 Å². The van der Waals surface area contributed by atoms with E-state index in [0.717, 1.165) is 57.9 Å². The molecule has 1 aromatic rings. The van der Waals surface area contributed by atoms with Crippen molar-refractivity contribution in [1.29, 1.82) is 0 Å². The van der Waals surface area contributed by atoms with E-state index >= 15 is 0 Å². The summed E-state index contributed by atoms with van der Waals surface area (Å²) in [6.07, 6.45) is 1.87. The number of benzene rings is 1. The molecule has 1 aromatic carbocycles. The standard InChI is InChI=1S/C15H24N2O2/c18-10-2-1-7-16-15-5-3-14(4-6-15)13-17-8-11-19-12-9-17/h3-6,16,18H,1-2,7-13H2. The lowest BCUT2D eigenvalue weighted by Crippen LogP contribution is -2.35. The number of unbranched alkanes of at least 4 members (excludes halogenated alkanes) is 1. The molecule has 1 heterocycles. The van der Waals surface area contributed by atoms with Crippen LogP contribution in [0, 0.1) is 0 Å². The lowest BCUT2D eigenvalue weighted by molar-refractivity contribution is 0.0342. The van der Waals surface area contributed by atoms with Crippen molar-refractivity contribution < 1.29 is 9.84 Å². The fourth-order valence-corrected chi connectivity index (χ4v) is 2.22. The highest BCUT2D eigenvalue weighted by Crippen LogP contribution is 2.12. The predicted molar refractivity (Wildman–Crippen MR) is 77.3 cm³/mol. The van der Waals surface area contributed by atoms with Crippen LogP contribution in [0.3, 0.4) is 0 Å². The van der Waals surface area contributed by atoms with Crippen molar-refractivity contribution in [3.05, 3.63) is 29.8 Å². The first-order valence-electron chi connectivity index (χ1n) is 7.12. The number of rotatable bonds is 7. The first-order chi connectivity index (χ1) is 9.38. The van der Waals surface area contributed by atoms with Gasteiger partial charge in [0.05, 0.1) is 13.2 Å². The predicted octanol–water partition coefficient (Wildman–Crippen LogP) is 1.70. The number of anilines is 1. The molecule has 0 aliphatic carbocycles. The highest BCUT2D eigenvalue weighted by Gasteiger charge is 2.10. The quantitative estimate of drug-likeness (QED) is 0.736. The molecule has 2 N–H and O–H groups in total. The highest BCUT2D eigenvalue weighted by atomic mass is 16.5. The topological polar surface area (TPSA) is 44.7 Å². The van der Waals surface area contributed by atoms with Crippen molar-refractivity contribution in [2.75, 3.05) is 44.8 Å². The lowest BCUT2D eigenvalue weighted by Gasteiger charge is -2.26. The number of nitrogens with zero attached hydrogens (tertiary/aromatic N) is 1. The number of hydrogen-bond donors (Lipinski definition) is 2. The Kier molecular flexibility index (Phi) is 6.14. The van der Waals surface area contributed by atoms with Crippen molar-refractivity contribution in [3.63, 3.8) is 0 Å². The smallest absolute Gasteiger partial charge is 0.0594 e. The average molecular weight is 264 g/mol. The Morgan fingerprint density at radius 2 is 1.84 bits per heavy atom. The van der Waals surface area contributed by atoms with Gasteiger partial charge in [-0.2, -0.15) is 0 Å². The van der Waals surface area contributed by atoms with Gasteiger partial charge in [-0.25, -0.2) is 0 Å². The molecule has 0 amide bonds. The van der Waals surface area contributed by atoms with Crippen LogP contribution in [0.15, 0.2) is 24.3 Å². The van der Waals surface area contributed by atoms with Crippen molar-refractivity contribution in [2.24, 2.45) is 0 Å². The van der Waals surface area contributed by atoms with E-state index in [1.165, 1.54) is 5.56 Å². The summed E-state index contributed by atoms with van der Waals surface area (Å²) in [7, 11) is 0. The maximum absolute atomic E-state index is 8.71.